The molecule has 1 aliphatic rings. The van der Waals surface area contributed by atoms with Crippen molar-refractivity contribution in [3.05, 3.63) is 35.4 Å². The van der Waals surface area contributed by atoms with Gasteiger partial charge in [-0.3, -0.25) is 8.37 Å². The minimum atomic E-state index is -3.61. The van der Waals surface area contributed by atoms with Gasteiger partial charge in [0.05, 0.1) is 25.7 Å². The molecule has 1 aliphatic carbocycles. The maximum atomic E-state index is 11.3. The van der Waals surface area contributed by atoms with Crippen LogP contribution in [0.15, 0.2) is 24.3 Å². The molecule has 2 rings (SSSR count). The second-order valence-corrected chi connectivity index (χ2v) is 8.66. The Labute approximate surface area is 125 Å². The molecule has 6 nitrogen and oxygen atoms in total. The number of benzene rings is 1. The topological polar surface area (TPSA) is 86.7 Å². The quantitative estimate of drug-likeness (QED) is 0.716. The zero-order valence-electron chi connectivity index (χ0n) is 11.9. The molecule has 8 heteroatoms. The highest BCUT2D eigenvalue weighted by Gasteiger charge is 2.41. The summed E-state index contributed by atoms with van der Waals surface area (Å²) in [5.74, 6) is 0. The fraction of sp³-hybridized carbons (Fsp3) is 0.538. The second kappa shape index (κ2) is 5.68. The number of hydrogen-bond acceptors (Lipinski definition) is 6. The first kappa shape index (κ1) is 16.4. The van der Waals surface area contributed by atoms with Gasteiger partial charge in [0.25, 0.3) is 20.2 Å². The van der Waals surface area contributed by atoms with Crippen molar-refractivity contribution in [3.8, 4) is 0 Å². The highest BCUT2D eigenvalue weighted by molar-refractivity contribution is 7.86. The van der Waals surface area contributed by atoms with Crippen molar-refractivity contribution in [1.29, 1.82) is 0 Å². The van der Waals surface area contributed by atoms with Gasteiger partial charge in [-0.2, -0.15) is 16.8 Å². The Balaban J connectivity index is 2.32. The zero-order chi connectivity index (χ0) is 15.7. The minimum Gasteiger partial charge on any atom is -0.269 e. The largest absolute Gasteiger partial charge is 0.269 e. The predicted molar refractivity (Wildman–Crippen MR) is 78.0 cm³/mol. The molecule has 0 saturated heterocycles. The average molecular weight is 334 g/mol. The molecule has 1 aromatic carbocycles. The van der Waals surface area contributed by atoms with E-state index in [1.165, 1.54) is 0 Å². The van der Waals surface area contributed by atoms with E-state index in [1.807, 2.05) is 24.3 Å². The van der Waals surface area contributed by atoms with Gasteiger partial charge < -0.3 is 0 Å². The smallest absolute Gasteiger partial charge is 0.264 e. The minimum absolute atomic E-state index is 0.127. The van der Waals surface area contributed by atoms with Crippen molar-refractivity contribution in [2.45, 2.75) is 18.3 Å². The van der Waals surface area contributed by atoms with E-state index in [0.29, 0.717) is 6.42 Å². The molecular formula is C13H18O6S2. The van der Waals surface area contributed by atoms with Gasteiger partial charge in [-0.15, -0.1) is 0 Å². The van der Waals surface area contributed by atoms with Crippen LogP contribution in [0, 0.1) is 0 Å². The SMILES string of the molecule is CS(=O)(=O)OCC1(COS(C)(=O)=O)CCc2ccccc21. The van der Waals surface area contributed by atoms with Gasteiger partial charge in [0.15, 0.2) is 0 Å². The lowest BCUT2D eigenvalue weighted by atomic mass is 9.84. The zero-order valence-corrected chi connectivity index (χ0v) is 13.5. The first-order chi connectivity index (χ1) is 9.61. The van der Waals surface area contributed by atoms with Gasteiger partial charge in [-0.25, -0.2) is 0 Å². The number of rotatable bonds is 6. The maximum absolute atomic E-state index is 11.3. The van der Waals surface area contributed by atoms with Crippen LogP contribution in [0.3, 0.4) is 0 Å². The molecule has 0 spiro atoms. The van der Waals surface area contributed by atoms with Crippen LogP contribution in [0.2, 0.25) is 0 Å². The Morgan fingerprint density at radius 3 is 2.05 bits per heavy atom. The van der Waals surface area contributed by atoms with Gasteiger partial charge in [0.2, 0.25) is 0 Å². The summed E-state index contributed by atoms with van der Waals surface area (Å²) in [5.41, 5.74) is 1.19. The molecule has 0 bridgehead atoms. The summed E-state index contributed by atoms with van der Waals surface area (Å²) in [6.07, 6.45) is 3.26. The van der Waals surface area contributed by atoms with Crippen LogP contribution in [0.5, 0.6) is 0 Å². The van der Waals surface area contributed by atoms with Crippen molar-refractivity contribution in [3.63, 3.8) is 0 Å². The van der Waals surface area contributed by atoms with Gasteiger partial charge in [-0.1, -0.05) is 24.3 Å². The molecule has 0 fully saturated rings. The van der Waals surface area contributed by atoms with Crippen LogP contribution >= 0.6 is 0 Å². The molecule has 21 heavy (non-hydrogen) atoms. The van der Waals surface area contributed by atoms with Gasteiger partial charge in [0, 0.05) is 5.41 Å². The van der Waals surface area contributed by atoms with E-state index in [2.05, 4.69) is 0 Å². The van der Waals surface area contributed by atoms with Gasteiger partial charge in [0.1, 0.15) is 0 Å². The van der Waals surface area contributed by atoms with E-state index >= 15 is 0 Å². The fourth-order valence-electron chi connectivity index (χ4n) is 2.55. The molecule has 0 heterocycles. The number of fused-ring (bicyclic) bond motifs is 1. The molecule has 0 aliphatic heterocycles. The van der Waals surface area contributed by atoms with E-state index in [1.54, 1.807) is 0 Å². The Morgan fingerprint density at radius 1 is 1.00 bits per heavy atom. The lowest BCUT2D eigenvalue weighted by Gasteiger charge is -2.28. The van der Waals surface area contributed by atoms with Crippen LogP contribution < -0.4 is 0 Å². The van der Waals surface area contributed by atoms with Gasteiger partial charge in [-0.05, 0) is 24.0 Å². The molecule has 1 aromatic rings. The summed E-state index contributed by atoms with van der Waals surface area (Å²) in [5, 5.41) is 0. The van der Waals surface area contributed by atoms with Crippen molar-refractivity contribution in [2.75, 3.05) is 25.7 Å². The average Bonchev–Trinajstić information content (AvgIpc) is 2.73. The molecule has 0 unspecified atom stereocenters. The third-order valence-corrected chi connectivity index (χ3v) is 4.65. The highest BCUT2D eigenvalue weighted by atomic mass is 32.2. The van der Waals surface area contributed by atoms with Crippen LogP contribution in [0.25, 0.3) is 0 Å². The third kappa shape index (κ3) is 4.26. The van der Waals surface area contributed by atoms with Crippen LogP contribution in [0.1, 0.15) is 17.5 Å². The molecule has 0 amide bonds. The lowest BCUT2D eigenvalue weighted by molar-refractivity contribution is 0.151. The second-order valence-electron chi connectivity index (χ2n) is 5.37. The van der Waals surface area contributed by atoms with E-state index in [4.69, 9.17) is 8.37 Å². The summed E-state index contributed by atoms with van der Waals surface area (Å²) in [4.78, 5) is 0. The van der Waals surface area contributed by atoms with Crippen molar-refractivity contribution >= 4 is 20.2 Å². The molecular weight excluding hydrogens is 316 g/mol. The monoisotopic (exact) mass is 334 g/mol. The first-order valence-corrected chi connectivity index (χ1v) is 10.0. The van der Waals surface area contributed by atoms with E-state index in [-0.39, 0.29) is 13.2 Å². The standard InChI is InChI=1S/C13H18O6S2/c1-20(14,15)18-9-13(10-19-21(2,16)17)8-7-11-5-3-4-6-12(11)13/h3-6H,7-10H2,1-2H3. The van der Waals surface area contributed by atoms with E-state index < -0.39 is 25.7 Å². The van der Waals surface area contributed by atoms with Crippen molar-refractivity contribution in [1.82, 2.24) is 0 Å². The molecule has 0 radical (unpaired) electrons. The summed E-state index contributed by atoms with van der Waals surface area (Å²) >= 11 is 0. The predicted octanol–water partition coefficient (Wildman–Crippen LogP) is 0.823. The normalized spacial score (nSPS) is 17.6. The first-order valence-electron chi connectivity index (χ1n) is 6.39. The van der Waals surface area contributed by atoms with Crippen LogP contribution in [-0.2, 0) is 40.4 Å². The molecule has 0 N–H and O–H groups in total. The third-order valence-electron chi connectivity index (χ3n) is 3.56. The highest BCUT2D eigenvalue weighted by Crippen LogP contribution is 2.40. The van der Waals surface area contributed by atoms with Crippen molar-refractivity contribution < 1.29 is 25.2 Å². The van der Waals surface area contributed by atoms with E-state index in [0.717, 1.165) is 30.1 Å². The maximum Gasteiger partial charge on any atom is 0.264 e. The Hall–Kier alpha value is -0.960. The molecule has 118 valence electrons. The summed E-state index contributed by atoms with van der Waals surface area (Å²) < 4.78 is 54.9. The summed E-state index contributed by atoms with van der Waals surface area (Å²) in [7, 11) is -7.22. The molecule has 0 saturated carbocycles. The van der Waals surface area contributed by atoms with Crippen LogP contribution in [-0.4, -0.2) is 42.6 Å². The van der Waals surface area contributed by atoms with Gasteiger partial charge >= 0.3 is 0 Å². The summed E-state index contributed by atoms with van der Waals surface area (Å²) in [6, 6.07) is 7.53. The number of aryl methyl sites for hydroxylation is 1. The summed E-state index contributed by atoms with van der Waals surface area (Å²) in [6.45, 7) is -0.253. The van der Waals surface area contributed by atoms with Crippen molar-refractivity contribution in [2.24, 2.45) is 0 Å². The fourth-order valence-corrected chi connectivity index (χ4v) is 3.42. The number of hydrogen-bond donors (Lipinski definition) is 0. The van der Waals surface area contributed by atoms with Crippen LogP contribution in [0.4, 0.5) is 0 Å². The Morgan fingerprint density at radius 2 is 1.52 bits per heavy atom. The lowest BCUT2D eigenvalue weighted by Crippen LogP contribution is -2.36. The Bertz CT molecular complexity index is 685. The Kier molecular flexibility index (Phi) is 4.44. The van der Waals surface area contributed by atoms with E-state index in [9.17, 15) is 16.8 Å². The molecule has 0 aromatic heterocycles. The molecule has 0 atom stereocenters.